The molecule has 1 fully saturated rings. The zero-order valence-electron chi connectivity index (χ0n) is 4.76. The van der Waals surface area contributed by atoms with E-state index in [-0.39, 0.29) is 11.9 Å². The van der Waals surface area contributed by atoms with E-state index in [0.29, 0.717) is 0 Å². The Hall–Kier alpha value is -0.630. The number of allylic oxidation sites excluding steroid dienone is 1. The van der Waals surface area contributed by atoms with Crippen LogP contribution in [0.5, 0.6) is 0 Å². The van der Waals surface area contributed by atoms with Gasteiger partial charge in [-0.25, -0.2) is 0 Å². The summed E-state index contributed by atoms with van der Waals surface area (Å²) in [7, 11) is 0. The van der Waals surface area contributed by atoms with Crippen molar-refractivity contribution in [2.45, 2.75) is 13.0 Å². The Kier molecular flexibility index (Phi) is 1.44. The van der Waals surface area contributed by atoms with E-state index >= 15 is 0 Å². The quantitative estimate of drug-likeness (QED) is 0.385. The molecule has 0 saturated carbocycles. The molecule has 2 nitrogen and oxygen atoms in total. The third kappa shape index (κ3) is 1.89. The SMILES string of the molecule is CC(=O)/C=C\C1CO1. The predicted octanol–water partition coefficient (Wildman–Crippen LogP) is 0.530. The van der Waals surface area contributed by atoms with Crippen molar-refractivity contribution in [1.82, 2.24) is 0 Å². The van der Waals surface area contributed by atoms with E-state index in [9.17, 15) is 4.79 Å². The molecule has 0 bridgehead atoms. The van der Waals surface area contributed by atoms with E-state index in [2.05, 4.69) is 0 Å². The van der Waals surface area contributed by atoms with Gasteiger partial charge in [-0.05, 0) is 13.0 Å². The molecule has 1 heterocycles. The average molecular weight is 112 g/mol. The second-order valence-electron chi connectivity index (χ2n) is 1.84. The number of ketones is 1. The van der Waals surface area contributed by atoms with Crippen LogP contribution in [-0.4, -0.2) is 18.5 Å². The van der Waals surface area contributed by atoms with Gasteiger partial charge in [0.15, 0.2) is 5.78 Å². The van der Waals surface area contributed by atoms with Crippen molar-refractivity contribution in [2.75, 3.05) is 6.61 Å². The van der Waals surface area contributed by atoms with Crippen molar-refractivity contribution in [3.63, 3.8) is 0 Å². The maximum atomic E-state index is 10.2. The highest BCUT2D eigenvalue weighted by Gasteiger charge is 2.17. The van der Waals surface area contributed by atoms with Crippen LogP contribution < -0.4 is 0 Å². The molecule has 1 saturated heterocycles. The van der Waals surface area contributed by atoms with Crippen LogP contribution in [0.2, 0.25) is 0 Å². The molecule has 1 aliphatic heterocycles. The Balaban J connectivity index is 2.23. The van der Waals surface area contributed by atoms with Gasteiger partial charge in [0.05, 0.1) is 12.7 Å². The number of carbonyl (C=O) groups excluding carboxylic acids is 1. The van der Waals surface area contributed by atoms with Gasteiger partial charge >= 0.3 is 0 Å². The van der Waals surface area contributed by atoms with E-state index in [0.717, 1.165) is 6.61 Å². The molecule has 0 radical (unpaired) electrons. The van der Waals surface area contributed by atoms with E-state index in [1.54, 1.807) is 6.08 Å². The second-order valence-corrected chi connectivity index (χ2v) is 1.84. The monoisotopic (exact) mass is 112 g/mol. The molecule has 0 aromatic rings. The van der Waals surface area contributed by atoms with Gasteiger partial charge in [0.25, 0.3) is 0 Å². The van der Waals surface area contributed by atoms with Crippen molar-refractivity contribution in [3.8, 4) is 0 Å². The van der Waals surface area contributed by atoms with Gasteiger partial charge in [0, 0.05) is 0 Å². The molecule has 0 aromatic heterocycles. The molecule has 0 N–H and O–H groups in total. The number of carbonyl (C=O) groups is 1. The topological polar surface area (TPSA) is 29.6 Å². The Morgan fingerprint density at radius 2 is 2.50 bits per heavy atom. The Labute approximate surface area is 48.1 Å². The van der Waals surface area contributed by atoms with Crippen LogP contribution in [-0.2, 0) is 9.53 Å². The fraction of sp³-hybridized carbons (Fsp3) is 0.500. The van der Waals surface area contributed by atoms with Crippen molar-refractivity contribution >= 4 is 5.78 Å². The van der Waals surface area contributed by atoms with Crippen LogP contribution in [0.25, 0.3) is 0 Å². The minimum absolute atomic E-state index is 0.0838. The van der Waals surface area contributed by atoms with Crippen LogP contribution >= 0.6 is 0 Å². The molecule has 0 aliphatic carbocycles. The fourth-order valence-corrected chi connectivity index (χ4v) is 0.410. The molecule has 44 valence electrons. The third-order valence-electron chi connectivity index (χ3n) is 0.905. The lowest BCUT2D eigenvalue weighted by atomic mass is 10.3. The summed E-state index contributed by atoms with van der Waals surface area (Å²) in [5, 5.41) is 0. The molecular weight excluding hydrogens is 104 g/mol. The molecule has 1 aliphatic rings. The summed E-state index contributed by atoms with van der Waals surface area (Å²) in [5.41, 5.74) is 0. The average Bonchev–Trinajstić information content (AvgIpc) is 2.41. The van der Waals surface area contributed by atoms with Gasteiger partial charge in [-0.2, -0.15) is 0 Å². The number of hydrogen-bond acceptors (Lipinski definition) is 2. The summed E-state index contributed by atoms with van der Waals surface area (Å²) in [6.45, 7) is 2.31. The summed E-state index contributed by atoms with van der Waals surface area (Å²) in [4.78, 5) is 10.2. The van der Waals surface area contributed by atoms with Crippen LogP contribution in [0.15, 0.2) is 12.2 Å². The maximum Gasteiger partial charge on any atom is 0.152 e. The predicted molar refractivity (Wildman–Crippen MR) is 29.6 cm³/mol. The van der Waals surface area contributed by atoms with Crippen LogP contribution in [0.4, 0.5) is 0 Å². The normalized spacial score (nSPS) is 26.4. The molecule has 1 rings (SSSR count). The van der Waals surface area contributed by atoms with Crippen molar-refractivity contribution in [2.24, 2.45) is 0 Å². The van der Waals surface area contributed by atoms with Gasteiger partial charge in [0.2, 0.25) is 0 Å². The minimum atomic E-state index is 0.0838. The van der Waals surface area contributed by atoms with Gasteiger partial charge < -0.3 is 4.74 Å². The molecule has 1 unspecified atom stereocenters. The second kappa shape index (κ2) is 2.09. The number of ether oxygens (including phenoxy) is 1. The first-order chi connectivity index (χ1) is 3.79. The first-order valence-electron chi connectivity index (χ1n) is 2.59. The lowest BCUT2D eigenvalue weighted by molar-refractivity contribution is -0.112. The zero-order chi connectivity index (χ0) is 5.98. The lowest BCUT2D eigenvalue weighted by Gasteiger charge is -1.74. The van der Waals surface area contributed by atoms with E-state index in [1.165, 1.54) is 13.0 Å². The standard InChI is InChI=1S/C6H8O2/c1-5(7)2-3-6-4-8-6/h2-3,6H,4H2,1H3/b3-2-. The molecule has 2 heteroatoms. The summed E-state index contributed by atoms with van der Waals surface area (Å²) in [6, 6.07) is 0. The lowest BCUT2D eigenvalue weighted by Crippen LogP contribution is -1.82. The minimum Gasteiger partial charge on any atom is -0.369 e. The number of epoxide rings is 1. The summed E-state index contributed by atoms with van der Waals surface area (Å²) >= 11 is 0. The Bertz CT molecular complexity index is 122. The van der Waals surface area contributed by atoms with Gasteiger partial charge in [0.1, 0.15) is 0 Å². The van der Waals surface area contributed by atoms with E-state index in [4.69, 9.17) is 4.74 Å². The van der Waals surface area contributed by atoms with Gasteiger partial charge in [-0.1, -0.05) is 6.08 Å². The van der Waals surface area contributed by atoms with E-state index < -0.39 is 0 Å². The Morgan fingerprint density at radius 1 is 1.88 bits per heavy atom. The van der Waals surface area contributed by atoms with E-state index in [1.807, 2.05) is 0 Å². The molecule has 0 aromatic carbocycles. The first-order valence-corrected chi connectivity index (χ1v) is 2.59. The van der Waals surface area contributed by atoms with Crippen LogP contribution in [0.1, 0.15) is 6.92 Å². The number of hydrogen-bond donors (Lipinski definition) is 0. The molecule has 8 heavy (non-hydrogen) atoms. The zero-order valence-corrected chi connectivity index (χ0v) is 4.76. The highest BCUT2D eigenvalue weighted by molar-refractivity contribution is 5.87. The fourth-order valence-electron chi connectivity index (χ4n) is 0.410. The molecule has 0 amide bonds. The Morgan fingerprint density at radius 3 is 2.88 bits per heavy atom. The van der Waals surface area contributed by atoms with Crippen LogP contribution in [0, 0.1) is 0 Å². The van der Waals surface area contributed by atoms with Crippen molar-refractivity contribution < 1.29 is 9.53 Å². The summed E-state index contributed by atoms with van der Waals surface area (Å²) in [6.07, 6.45) is 3.55. The molecular formula is C6H8O2. The summed E-state index contributed by atoms with van der Waals surface area (Å²) in [5.74, 6) is 0.0838. The first kappa shape index (κ1) is 5.51. The largest absolute Gasteiger partial charge is 0.369 e. The molecule has 0 spiro atoms. The van der Waals surface area contributed by atoms with Crippen molar-refractivity contribution in [3.05, 3.63) is 12.2 Å². The van der Waals surface area contributed by atoms with Crippen LogP contribution in [0.3, 0.4) is 0 Å². The van der Waals surface area contributed by atoms with Gasteiger partial charge in [-0.3, -0.25) is 4.79 Å². The highest BCUT2D eigenvalue weighted by Crippen LogP contribution is 2.09. The summed E-state index contributed by atoms with van der Waals surface area (Å²) < 4.78 is 4.82. The number of rotatable bonds is 2. The highest BCUT2D eigenvalue weighted by atomic mass is 16.6. The maximum absolute atomic E-state index is 10.2. The smallest absolute Gasteiger partial charge is 0.152 e. The van der Waals surface area contributed by atoms with Gasteiger partial charge in [-0.15, -0.1) is 0 Å². The molecule has 1 atom stereocenters. The van der Waals surface area contributed by atoms with Crippen molar-refractivity contribution in [1.29, 1.82) is 0 Å². The third-order valence-corrected chi connectivity index (χ3v) is 0.905.